The Balaban J connectivity index is 1.54. The Morgan fingerprint density at radius 2 is 2.00 bits per heavy atom. The van der Waals surface area contributed by atoms with Crippen molar-refractivity contribution in [1.29, 1.82) is 0 Å². The number of primary amides is 1. The van der Waals surface area contributed by atoms with Gasteiger partial charge in [-0.25, -0.2) is 18.7 Å². The smallest absolute Gasteiger partial charge is 0.225 e. The fourth-order valence-electron chi connectivity index (χ4n) is 4.94. The highest BCUT2D eigenvalue weighted by Crippen LogP contribution is 2.43. The van der Waals surface area contributed by atoms with Crippen LogP contribution in [-0.2, 0) is 9.53 Å². The van der Waals surface area contributed by atoms with Gasteiger partial charge < -0.3 is 21.1 Å². The van der Waals surface area contributed by atoms with Crippen LogP contribution in [0.3, 0.4) is 0 Å². The number of alkyl halides is 1. The molecular weight excluding hydrogens is 527 g/mol. The summed E-state index contributed by atoms with van der Waals surface area (Å²) in [4.78, 5) is 25.6. The number of aromatic nitrogens is 4. The maximum Gasteiger partial charge on any atom is 0.225 e. The molecule has 1 unspecified atom stereocenters. The zero-order chi connectivity index (χ0) is 26.3. The van der Waals surface area contributed by atoms with Crippen molar-refractivity contribution in [2.45, 2.75) is 57.3 Å². The number of hydrogen-bond donors (Lipinski definition) is 3. The number of hydrogen-bond acceptors (Lipinski definition) is 7. The summed E-state index contributed by atoms with van der Waals surface area (Å²) in [6, 6.07) is 2.00. The topological polar surface area (TPSA) is 120 Å². The van der Waals surface area contributed by atoms with Crippen molar-refractivity contribution in [3.8, 4) is 0 Å². The van der Waals surface area contributed by atoms with Crippen LogP contribution in [0.15, 0.2) is 18.3 Å². The summed E-state index contributed by atoms with van der Waals surface area (Å²) in [6.45, 7) is 2.32. The van der Waals surface area contributed by atoms with Crippen molar-refractivity contribution in [2.24, 2.45) is 11.1 Å². The number of carbonyl (C=O) groups is 1. The highest BCUT2D eigenvalue weighted by Gasteiger charge is 2.38. The third kappa shape index (κ3) is 5.17. The molecule has 1 aromatic carbocycles. The van der Waals surface area contributed by atoms with Gasteiger partial charge >= 0.3 is 0 Å². The molecule has 1 saturated heterocycles. The lowest BCUT2D eigenvalue weighted by Gasteiger charge is -2.35. The van der Waals surface area contributed by atoms with Crippen LogP contribution >= 0.6 is 23.2 Å². The van der Waals surface area contributed by atoms with Gasteiger partial charge in [-0.15, -0.1) is 0 Å². The lowest BCUT2D eigenvalue weighted by atomic mass is 9.73. The summed E-state index contributed by atoms with van der Waals surface area (Å²) < 4.78 is 36.2. The number of ether oxygens (including phenoxy) is 1. The van der Waals surface area contributed by atoms with E-state index in [-0.39, 0.29) is 40.2 Å². The SMILES string of the molecule is CC1(C(N)=O)CCC(n2c(Nc3c(F)cc(Cl)cc3Cl)nc3cnc(NC4CCOC[C@H]4F)nc32)CC1. The molecule has 0 bridgehead atoms. The minimum Gasteiger partial charge on any atom is -0.378 e. The summed E-state index contributed by atoms with van der Waals surface area (Å²) in [5, 5.41) is 6.33. The largest absolute Gasteiger partial charge is 0.378 e. The second-order valence-electron chi connectivity index (χ2n) is 9.86. The van der Waals surface area contributed by atoms with Crippen molar-refractivity contribution in [1.82, 2.24) is 19.5 Å². The monoisotopic (exact) mass is 553 g/mol. The Hall–Kier alpha value is -2.76. The molecule has 0 spiro atoms. The quantitative estimate of drug-likeness (QED) is 0.385. The number of carbonyl (C=O) groups excluding carboxylic acids is 1. The summed E-state index contributed by atoms with van der Waals surface area (Å²) in [6.07, 6.45) is 3.22. The molecule has 1 saturated carbocycles. The molecular formula is C24H27Cl2F2N7O2. The van der Waals surface area contributed by atoms with Crippen LogP contribution < -0.4 is 16.4 Å². The third-order valence-corrected chi connectivity index (χ3v) is 7.81. The number of halogens is 4. The van der Waals surface area contributed by atoms with Crippen LogP contribution in [0.5, 0.6) is 0 Å². The molecule has 198 valence electrons. The van der Waals surface area contributed by atoms with Gasteiger partial charge in [0, 0.05) is 23.1 Å². The van der Waals surface area contributed by atoms with E-state index in [1.807, 2.05) is 11.5 Å². The van der Waals surface area contributed by atoms with E-state index in [9.17, 15) is 13.6 Å². The maximum atomic E-state index is 14.8. The van der Waals surface area contributed by atoms with Crippen molar-refractivity contribution >= 4 is 57.9 Å². The van der Waals surface area contributed by atoms with E-state index in [0.717, 1.165) is 6.07 Å². The van der Waals surface area contributed by atoms with Crippen LogP contribution in [0.25, 0.3) is 11.2 Å². The first-order valence-corrected chi connectivity index (χ1v) is 12.8. The average molecular weight is 554 g/mol. The van der Waals surface area contributed by atoms with E-state index < -0.39 is 23.4 Å². The number of imidazole rings is 1. The standard InChI is InChI=1S/C24H27Cl2F2N7O2/c1-24(21(29)36)5-2-13(3-6-24)35-20-18(10-30-22(34-20)31-17-4-7-37-11-16(17)28)32-23(35)33-19-14(26)8-12(25)9-15(19)27/h8-10,13,16-17H,2-7,11H2,1H3,(H2,29,36)(H,32,33)(H,30,31,34)/t13?,16-,17?,24?/m1/s1. The van der Waals surface area contributed by atoms with Gasteiger partial charge in [0.1, 0.15) is 17.5 Å². The van der Waals surface area contributed by atoms with Crippen LogP contribution in [0.4, 0.5) is 26.4 Å². The fourth-order valence-corrected chi connectivity index (χ4v) is 5.46. The molecule has 37 heavy (non-hydrogen) atoms. The molecule has 4 N–H and O–H groups in total. The molecule has 1 aliphatic heterocycles. The van der Waals surface area contributed by atoms with Gasteiger partial charge in [0.15, 0.2) is 5.65 Å². The molecule has 5 rings (SSSR count). The average Bonchev–Trinajstić information content (AvgIpc) is 3.20. The molecule has 0 radical (unpaired) electrons. The maximum absolute atomic E-state index is 14.8. The predicted molar refractivity (Wildman–Crippen MR) is 138 cm³/mol. The van der Waals surface area contributed by atoms with Crippen molar-refractivity contribution in [2.75, 3.05) is 23.8 Å². The van der Waals surface area contributed by atoms with Crippen molar-refractivity contribution in [3.05, 3.63) is 34.2 Å². The molecule has 2 fully saturated rings. The number of amides is 1. The van der Waals surface area contributed by atoms with Crippen LogP contribution in [0.1, 0.15) is 45.1 Å². The zero-order valence-corrected chi connectivity index (χ0v) is 21.6. The van der Waals surface area contributed by atoms with E-state index in [2.05, 4.69) is 25.6 Å². The third-order valence-electron chi connectivity index (χ3n) is 7.30. The van der Waals surface area contributed by atoms with Gasteiger partial charge in [-0.3, -0.25) is 9.36 Å². The van der Waals surface area contributed by atoms with Gasteiger partial charge in [-0.05, 0) is 44.2 Å². The fraction of sp³-hybridized carbons (Fsp3) is 0.500. The lowest BCUT2D eigenvalue weighted by molar-refractivity contribution is -0.128. The Morgan fingerprint density at radius 3 is 2.68 bits per heavy atom. The highest BCUT2D eigenvalue weighted by atomic mass is 35.5. The molecule has 1 amide bonds. The minimum absolute atomic E-state index is 0.0139. The molecule has 13 heteroatoms. The van der Waals surface area contributed by atoms with E-state index in [4.69, 9.17) is 33.7 Å². The minimum atomic E-state index is -1.19. The molecule has 2 aliphatic rings. The summed E-state index contributed by atoms with van der Waals surface area (Å²) in [5.41, 5.74) is 6.02. The number of nitrogens with two attached hydrogens (primary N) is 1. The Kier molecular flexibility index (Phi) is 7.12. The van der Waals surface area contributed by atoms with E-state index >= 15 is 0 Å². The van der Waals surface area contributed by atoms with E-state index in [1.165, 1.54) is 12.3 Å². The van der Waals surface area contributed by atoms with Gasteiger partial charge in [0.25, 0.3) is 0 Å². The second-order valence-corrected chi connectivity index (χ2v) is 10.7. The molecule has 9 nitrogen and oxygen atoms in total. The predicted octanol–water partition coefficient (Wildman–Crippen LogP) is 5.16. The number of fused-ring (bicyclic) bond motifs is 1. The highest BCUT2D eigenvalue weighted by molar-refractivity contribution is 6.36. The molecule has 1 aliphatic carbocycles. The van der Waals surface area contributed by atoms with Crippen LogP contribution in [0, 0.1) is 11.2 Å². The first kappa shape index (κ1) is 25.9. The van der Waals surface area contributed by atoms with Gasteiger partial charge in [-0.2, -0.15) is 4.98 Å². The van der Waals surface area contributed by atoms with Crippen LogP contribution in [0.2, 0.25) is 10.0 Å². The van der Waals surface area contributed by atoms with Gasteiger partial charge in [0.2, 0.25) is 17.8 Å². The Bertz CT molecular complexity index is 1310. The van der Waals surface area contributed by atoms with Gasteiger partial charge in [-0.1, -0.05) is 30.1 Å². The van der Waals surface area contributed by atoms with E-state index in [1.54, 1.807) is 0 Å². The first-order valence-electron chi connectivity index (χ1n) is 12.1. The number of benzene rings is 1. The summed E-state index contributed by atoms with van der Waals surface area (Å²) in [5.74, 6) is -0.404. The van der Waals surface area contributed by atoms with Crippen molar-refractivity contribution in [3.63, 3.8) is 0 Å². The number of rotatable bonds is 6. The van der Waals surface area contributed by atoms with Crippen LogP contribution in [-0.4, -0.2) is 50.9 Å². The number of anilines is 3. The number of nitrogens with one attached hydrogen (secondary N) is 2. The first-order chi connectivity index (χ1) is 17.6. The van der Waals surface area contributed by atoms with Crippen molar-refractivity contribution < 1.29 is 18.3 Å². The molecule has 2 atom stereocenters. The Labute approximate surface area is 222 Å². The second kappa shape index (κ2) is 10.2. The Morgan fingerprint density at radius 1 is 1.24 bits per heavy atom. The van der Waals surface area contributed by atoms with E-state index in [0.29, 0.717) is 55.8 Å². The molecule has 3 heterocycles. The number of nitrogens with zero attached hydrogens (tertiary/aromatic N) is 4. The normalized spacial score (nSPS) is 26.2. The lowest BCUT2D eigenvalue weighted by Crippen LogP contribution is -2.39. The zero-order valence-electron chi connectivity index (χ0n) is 20.1. The van der Waals surface area contributed by atoms with Gasteiger partial charge in [0.05, 0.1) is 29.6 Å². The molecule has 2 aromatic heterocycles. The molecule has 3 aromatic rings. The summed E-state index contributed by atoms with van der Waals surface area (Å²) >= 11 is 12.2. The summed E-state index contributed by atoms with van der Waals surface area (Å²) in [7, 11) is 0.